The molecule has 1 amide bonds. The van der Waals surface area contributed by atoms with E-state index < -0.39 is 5.97 Å². The van der Waals surface area contributed by atoms with E-state index in [1.54, 1.807) is 19.2 Å². The molecule has 1 rings (SSSR count). The number of carboxylic acids is 1. The lowest BCUT2D eigenvalue weighted by molar-refractivity contribution is -0.131. The summed E-state index contributed by atoms with van der Waals surface area (Å²) in [6.07, 6.45) is 2.95. The van der Waals surface area contributed by atoms with Crippen LogP contribution in [0.4, 0.5) is 0 Å². The zero-order valence-corrected chi connectivity index (χ0v) is 10.8. The molecule has 1 aromatic carbocycles. The summed E-state index contributed by atoms with van der Waals surface area (Å²) in [5.41, 5.74) is 1.76. The summed E-state index contributed by atoms with van der Waals surface area (Å²) in [5, 5.41) is 11.3. The monoisotopic (exact) mass is 263 g/mol. The normalized spacial score (nSPS) is 10.6. The van der Waals surface area contributed by atoms with Gasteiger partial charge in [0.25, 0.3) is 0 Å². The van der Waals surface area contributed by atoms with Gasteiger partial charge in [0, 0.05) is 26.2 Å². The number of carbonyl (C=O) groups excluding carboxylic acids is 1. The fourth-order valence-electron chi connectivity index (χ4n) is 1.40. The number of rotatable bonds is 7. The number of benzene rings is 1. The molecule has 0 heterocycles. The first-order valence-corrected chi connectivity index (χ1v) is 5.87. The van der Waals surface area contributed by atoms with Gasteiger partial charge in [-0.05, 0) is 17.2 Å². The number of hydrogen-bond acceptors (Lipinski definition) is 3. The van der Waals surface area contributed by atoms with E-state index in [1.807, 2.05) is 12.1 Å². The lowest BCUT2D eigenvalue weighted by Crippen LogP contribution is -2.23. The van der Waals surface area contributed by atoms with Crippen molar-refractivity contribution >= 4 is 18.0 Å². The Hall–Kier alpha value is -2.14. The number of aliphatic carboxylic acids is 1. The third kappa shape index (κ3) is 6.38. The van der Waals surface area contributed by atoms with Crippen LogP contribution in [0.15, 0.2) is 30.3 Å². The first-order chi connectivity index (χ1) is 9.11. The number of amides is 1. The first-order valence-electron chi connectivity index (χ1n) is 5.87. The van der Waals surface area contributed by atoms with Gasteiger partial charge in [-0.25, -0.2) is 4.79 Å². The molecule has 0 fully saturated rings. The van der Waals surface area contributed by atoms with Gasteiger partial charge in [0.1, 0.15) is 0 Å². The molecule has 1 aromatic rings. The van der Waals surface area contributed by atoms with E-state index in [0.29, 0.717) is 19.6 Å². The minimum atomic E-state index is -0.977. The minimum absolute atomic E-state index is 0.0586. The summed E-state index contributed by atoms with van der Waals surface area (Å²) >= 11 is 0. The minimum Gasteiger partial charge on any atom is -0.478 e. The van der Waals surface area contributed by atoms with Gasteiger partial charge in [0.2, 0.25) is 5.91 Å². The Kier molecular flexibility index (Phi) is 6.32. The highest BCUT2D eigenvalue weighted by molar-refractivity contribution is 5.85. The van der Waals surface area contributed by atoms with E-state index in [9.17, 15) is 9.59 Å². The second kappa shape index (κ2) is 8.05. The zero-order valence-electron chi connectivity index (χ0n) is 10.8. The number of methoxy groups -OCH3 is 1. The van der Waals surface area contributed by atoms with Gasteiger partial charge in [-0.15, -0.1) is 0 Å². The summed E-state index contributed by atoms with van der Waals surface area (Å²) in [6, 6.07) is 7.29. The molecule has 0 unspecified atom stereocenters. The van der Waals surface area contributed by atoms with Crippen LogP contribution in [0.2, 0.25) is 0 Å². The van der Waals surface area contributed by atoms with Crippen molar-refractivity contribution in [1.29, 1.82) is 0 Å². The summed E-state index contributed by atoms with van der Waals surface area (Å²) in [6.45, 7) is 0.857. The zero-order chi connectivity index (χ0) is 14.1. The topological polar surface area (TPSA) is 75.6 Å². The van der Waals surface area contributed by atoms with Crippen LogP contribution in [0.1, 0.15) is 17.5 Å². The molecule has 0 aliphatic carbocycles. The van der Waals surface area contributed by atoms with Crippen LogP contribution < -0.4 is 5.32 Å². The highest BCUT2D eigenvalue weighted by Gasteiger charge is 2.00. The summed E-state index contributed by atoms with van der Waals surface area (Å²) in [4.78, 5) is 21.7. The molecule has 0 bridgehead atoms. The Balaban J connectivity index is 2.44. The van der Waals surface area contributed by atoms with Crippen LogP contribution in [0.25, 0.3) is 6.08 Å². The maximum Gasteiger partial charge on any atom is 0.328 e. The third-order valence-electron chi connectivity index (χ3n) is 2.42. The van der Waals surface area contributed by atoms with E-state index in [0.717, 1.165) is 17.2 Å². The molecule has 0 aromatic heterocycles. The average molecular weight is 263 g/mol. The Morgan fingerprint density at radius 1 is 1.32 bits per heavy atom. The molecule has 19 heavy (non-hydrogen) atoms. The third-order valence-corrected chi connectivity index (χ3v) is 2.42. The summed E-state index contributed by atoms with van der Waals surface area (Å²) in [5.74, 6) is -1.04. The van der Waals surface area contributed by atoms with Gasteiger partial charge in [0.15, 0.2) is 0 Å². The average Bonchev–Trinajstić information content (AvgIpc) is 2.41. The van der Waals surface area contributed by atoms with Gasteiger partial charge in [-0.2, -0.15) is 0 Å². The van der Waals surface area contributed by atoms with E-state index in [2.05, 4.69) is 5.32 Å². The maximum atomic E-state index is 11.4. The molecule has 0 spiro atoms. The molecule has 0 saturated heterocycles. The Labute approximate surface area is 111 Å². The predicted octanol–water partition coefficient (Wildman–Crippen LogP) is 1.44. The van der Waals surface area contributed by atoms with E-state index >= 15 is 0 Å². The molecule has 5 heteroatoms. The fraction of sp³-hybridized carbons (Fsp3) is 0.286. The number of carboxylic acid groups (broad SMARTS) is 1. The number of carbonyl (C=O) groups is 2. The van der Waals surface area contributed by atoms with E-state index in [1.165, 1.54) is 6.08 Å². The van der Waals surface area contributed by atoms with Crippen LogP contribution in [0.3, 0.4) is 0 Å². The van der Waals surface area contributed by atoms with Crippen LogP contribution in [0.5, 0.6) is 0 Å². The molecular formula is C14H17NO4. The van der Waals surface area contributed by atoms with E-state index in [-0.39, 0.29) is 5.91 Å². The quantitative estimate of drug-likeness (QED) is 0.730. The number of nitrogens with one attached hydrogen (secondary N) is 1. The molecule has 0 aliphatic rings. The first kappa shape index (κ1) is 14.9. The van der Waals surface area contributed by atoms with Crippen molar-refractivity contribution in [3.63, 3.8) is 0 Å². The molecule has 102 valence electrons. The van der Waals surface area contributed by atoms with Gasteiger partial charge in [-0.3, -0.25) is 4.79 Å². The summed E-state index contributed by atoms with van der Waals surface area (Å²) in [7, 11) is 1.55. The Bertz CT molecular complexity index is 451. The molecule has 0 radical (unpaired) electrons. The molecule has 0 aliphatic heterocycles. The Morgan fingerprint density at radius 3 is 2.58 bits per heavy atom. The van der Waals surface area contributed by atoms with Crippen molar-refractivity contribution in [3.05, 3.63) is 41.5 Å². The molecule has 0 saturated carbocycles. The van der Waals surface area contributed by atoms with Crippen molar-refractivity contribution < 1.29 is 19.4 Å². The van der Waals surface area contributed by atoms with Crippen molar-refractivity contribution in [1.82, 2.24) is 5.32 Å². The van der Waals surface area contributed by atoms with Gasteiger partial charge < -0.3 is 15.2 Å². The second-order valence-electron chi connectivity index (χ2n) is 3.93. The van der Waals surface area contributed by atoms with Crippen molar-refractivity contribution in [2.75, 3.05) is 13.7 Å². The largest absolute Gasteiger partial charge is 0.478 e. The van der Waals surface area contributed by atoms with Crippen LogP contribution in [-0.2, 0) is 20.9 Å². The van der Waals surface area contributed by atoms with Crippen LogP contribution in [-0.4, -0.2) is 30.7 Å². The number of ether oxygens (including phenoxy) is 1. The van der Waals surface area contributed by atoms with E-state index in [4.69, 9.17) is 9.84 Å². The predicted molar refractivity (Wildman–Crippen MR) is 71.5 cm³/mol. The van der Waals surface area contributed by atoms with Gasteiger partial charge in [0.05, 0.1) is 6.61 Å². The highest BCUT2D eigenvalue weighted by atomic mass is 16.5. The van der Waals surface area contributed by atoms with Crippen molar-refractivity contribution in [3.8, 4) is 0 Å². The molecule has 5 nitrogen and oxygen atoms in total. The lowest BCUT2D eigenvalue weighted by atomic mass is 10.1. The lowest BCUT2D eigenvalue weighted by Gasteiger charge is -2.05. The molecular weight excluding hydrogens is 246 g/mol. The van der Waals surface area contributed by atoms with Crippen LogP contribution >= 0.6 is 0 Å². The van der Waals surface area contributed by atoms with Crippen molar-refractivity contribution in [2.45, 2.75) is 13.0 Å². The van der Waals surface area contributed by atoms with Gasteiger partial charge in [-0.1, -0.05) is 24.3 Å². The highest BCUT2D eigenvalue weighted by Crippen LogP contribution is 2.06. The number of hydrogen-bond donors (Lipinski definition) is 2. The summed E-state index contributed by atoms with van der Waals surface area (Å²) < 4.78 is 4.81. The fourth-order valence-corrected chi connectivity index (χ4v) is 1.40. The smallest absolute Gasteiger partial charge is 0.328 e. The van der Waals surface area contributed by atoms with Gasteiger partial charge >= 0.3 is 5.97 Å². The SMILES string of the molecule is COCCC(=O)NCc1ccc(C=CC(=O)O)cc1. The standard InChI is InChI=1S/C14H17NO4/c1-19-9-8-13(16)15-10-12-4-2-11(3-5-12)6-7-14(17)18/h2-7H,8-10H2,1H3,(H,15,16)(H,17,18). The Morgan fingerprint density at radius 2 is 2.00 bits per heavy atom. The molecule has 0 atom stereocenters. The maximum absolute atomic E-state index is 11.4. The second-order valence-corrected chi connectivity index (χ2v) is 3.93. The van der Waals surface area contributed by atoms with Crippen LogP contribution in [0, 0.1) is 0 Å². The van der Waals surface area contributed by atoms with Crippen molar-refractivity contribution in [2.24, 2.45) is 0 Å². The molecule has 2 N–H and O–H groups in total.